The molecule has 3 N–H and O–H groups in total. The zero-order chi connectivity index (χ0) is 11.0. The second-order valence-electron chi connectivity index (χ2n) is 3.47. The van der Waals surface area contributed by atoms with Crippen molar-refractivity contribution in [3.63, 3.8) is 0 Å². The highest BCUT2D eigenvalue weighted by atomic mass is 16.6. The molecule has 16 heavy (non-hydrogen) atoms. The number of rotatable bonds is 2. The van der Waals surface area contributed by atoms with Crippen LogP contribution in [0.4, 0.5) is 5.82 Å². The van der Waals surface area contributed by atoms with Gasteiger partial charge in [0.25, 0.3) is 0 Å². The number of aromatic amines is 1. The lowest BCUT2D eigenvalue weighted by Crippen LogP contribution is -1.96. The zero-order valence-corrected chi connectivity index (χ0v) is 8.34. The minimum absolute atomic E-state index is 0.306. The molecule has 0 aliphatic heterocycles. The van der Waals surface area contributed by atoms with Crippen LogP contribution in [0.5, 0.6) is 0 Å². The number of hydrogen-bond donors (Lipinski definition) is 2. The van der Waals surface area contributed by atoms with Gasteiger partial charge in [-0.25, -0.2) is 9.61 Å². The maximum atomic E-state index is 5.57. The van der Waals surface area contributed by atoms with Crippen molar-refractivity contribution in [2.24, 2.45) is 0 Å². The average Bonchev–Trinajstić information content (AvgIpc) is 2.85. The van der Waals surface area contributed by atoms with Gasteiger partial charge in [-0.3, -0.25) is 0 Å². The summed E-state index contributed by atoms with van der Waals surface area (Å²) in [5, 5.41) is 7.23. The van der Waals surface area contributed by atoms with E-state index in [1.807, 2.05) is 24.3 Å². The Kier molecular flexibility index (Phi) is 1.86. The van der Waals surface area contributed by atoms with E-state index in [2.05, 4.69) is 24.9 Å². The number of imidazole rings is 1. The quantitative estimate of drug-likeness (QED) is 0.668. The van der Waals surface area contributed by atoms with E-state index in [-0.39, 0.29) is 0 Å². The van der Waals surface area contributed by atoms with Crippen molar-refractivity contribution < 1.29 is 4.63 Å². The van der Waals surface area contributed by atoms with E-state index >= 15 is 0 Å². The van der Waals surface area contributed by atoms with E-state index in [4.69, 9.17) is 5.73 Å². The van der Waals surface area contributed by atoms with E-state index < -0.39 is 0 Å². The van der Waals surface area contributed by atoms with Crippen LogP contribution in [0.15, 0.2) is 28.9 Å². The van der Waals surface area contributed by atoms with Crippen molar-refractivity contribution in [2.75, 3.05) is 5.73 Å². The van der Waals surface area contributed by atoms with Crippen LogP contribution < -0.4 is 5.73 Å². The molecule has 3 aromatic rings. The number of benzene rings is 1. The second kappa shape index (κ2) is 3.34. The van der Waals surface area contributed by atoms with Gasteiger partial charge in [-0.05, 0) is 17.3 Å². The average molecular weight is 215 g/mol. The Morgan fingerprint density at radius 3 is 2.88 bits per heavy atom. The van der Waals surface area contributed by atoms with Crippen molar-refractivity contribution in [3.05, 3.63) is 35.8 Å². The summed E-state index contributed by atoms with van der Waals surface area (Å²) >= 11 is 0. The molecular formula is C10H9N5O. The van der Waals surface area contributed by atoms with Crippen LogP contribution in [0.25, 0.3) is 11.0 Å². The molecule has 0 aliphatic rings. The molecule has 0 aliphatic carbocycles. The third kappa shape index (κ3) is 1.40. The molecule has 0 radical (unpaired) electrons. The van der Waals surface area contributed by atoms with Crippen LogP contribution in [-0.4, -0.2) is 20.3 Å². The molecule has 0 spiro atoms. The van der Waals surface area contributed by atoms with Crippen molar-refractivity contribution in [3.8, 4) is 0 Å². The molecule has 6 nitrogen and oxygen atoms in total. The maximum absolute atomic E-state index is 5.57. The SMILES string of the molecule is Nc1nonc1Cc1nc2ccccc2[nH]1. The number of aromatic nitrogens is 4. The summed E-state index contributed by atoms with van der Waals surface area (Å²) in [6.45, 7) is 0. The molecule has 0 saturated heterocycles. The predicted molar refractivity (Wildman–Crippen MR) is 57.6 cm³/mol. The summed E-state index contributed by atoms with van der Waals surface area (Å²) in [5.41, 5.74) is 8.09. The Morgan fingerprint density at radius 2 is 2.12 bits per heavy atom. The fraction of sp³-hybridized carbons (Fsp3) is 0.100. The molecule has 2 aromatic heterocycles. The number of nitrogens with zero attached hydrogens (tertiary/aromatic N) is 3. The lowest BCUT2D eigenvalue weighted by Gasteiger charge is -1.90. The van der Waals surface area contributed by atoms with Gasteiger partial charge in [-0.2, -0.15) is 0 Å². The first kappa shape index (κ1) is 8.90. The smallest absolute Gasteiger partial charge is 0.191 e. The van der Waals surface area contributed by atoms with Crippen LogP contribution in [0, 0.1) is 0 Å². The molecule has 3 rings (SSSR count). The third-order valence-corrected chi connectivity index (χ3v) is 2.36. The summed E-state index contributed by atoms with van der Waals surface area (Å²) in [6.07, 6.45) is 0.490. The minimum Gasteiger partial charge on any atom is -0.379 e. The van der Waals surface area contributed by atoms with Gasteiger partial charge >= 0.3 is 0 Å². The number of nitrogen functional groups attached to an aromatic ring is 1. The Bertz CT molecular complexity index is 594. The lowest BCUT2D eigenvalue weighted by molar-refractivity contribution is 0.305. The number of anilines is 1. The van der Waals surface area contributed by atoms with E-state index in [0.717, 1.165) is 16.9 Å². The zero-order valence-electron chi connectivity index (χ0n) is 8.34. The van der Waals surface area contributed by atoms with Gasteiger partial charge in [0.15, 0.2) is 5.82 Å². The van der Waals surface area contributed by atoms with Gasteiger partial charge in [0.05, 0.1) is 17.5 Å². The van der Waals surface area contributed by atoms with Crippen LogP contribution >= 0.6 is 0 Å². The fourth-order valence-electron chi connectivity index (χ4n) is 1.58. The molecule has 6 heteroatoms. The van der Waals surface area contributed by atoms with Gasteiger partial charge in [-0.1, -0.05) is 17.3 Å². The molecular weight excluding hydrogens is 206 g/mol. The van der Waals surface area contributed by atoms with Crippen LogP contribution in [-0.2, 0) is 6.42 Å². The Morgan fingerprint density at radius 1 is 1.25 bits per heavy atom. The van der Waals surface area contributed by atoms with E-state index in [9.17, 15) is 0 Å². The number of H-pyrrole nitrogens is 1. The minimum atomic E-state index is 0.306. The topological polar surface area (TPSA) is 93.6 Å². The predicted octanol–water partition coefficient (Wildman–Crippen LogP) is 1.12. The summed E-state index contributed by atoms with van der Waals surface area (Å²) in [5.74, 6) is 1.10. The largest absolute Gasteiger partial charge is 0.379 e. The van der Waals surface area contributed by atoms with Gasteiger partial charge in [0.1, 0.15) is 11.5 Å². The maximum Gasteiger partial charge on any atom is 0.191 e. The second-order valence-corrected chi connectivity index (χ2v) is 3.47. The van der Waals surface area contributed by atoms with Crippen molar-refractivity contribution in [2.45, 2.75) is 6.42 Å². The van der Waals surface area contributed by atoms with Crippen LogP contribution in [0.3, 0.4) is 0 Å². The molecule has 0 amide bonds. The van der Waals surface area contributed by atoms with Gasteiger partial charge in [0.2, 0.25) is 0 Å². The first-order valence-electron chi connectivity index (χ1n) is 4.83. The first-order valence-corrected chi connectivity index (χ1v) is 4.83. The normalized spacial score (nSPS) is 11.0. The summed E-state index contributed by atoms with van der Waals surface area (Å²) in [4.78, 5) is 7.59. The van der Waals surface area contributed by atoms with Gasteiger partial charge in [0, 0.05) is 0 Å². The Labute approximate surface area is 90.4 Å². The van der Waals surface area contributed by atoms with Crippen molar-refractivity contribution >= 4 is 16.9 Å². The number of nitrogens with one attached hydrogen (secondary N) is 1. The number of para-hydroxylation sites is 2. The molecule has 0 unspecified atom stereocenters. The van der Waals surface area contributed by atoms with Crippen LogP contribution in [0.1, 0.15) is 11.5 Å². The lowest BCUT2D eigenvalue weighted by atomic mass is 10.3. The summed E-state index contributed by atoms with van der Waals surface area (Å²) in [6, 6.07) is 7.81. The molecule has 0 saturated carbocycles. The molecule has 0 fully saturated rings. The standard InChI is InChI=1S/C10H9N5O/c11-10-8(14-16-15-10)5-9-12-6-3-1-2-4-7(6)13-9/h1-4H,5H2,(H2,11,15)(H,12,13). The molecule has 2 heterocycles. The highest BCUT2D eigenvalue weighted by Gasteiger charge is 2.09. The molecule has 0 atom stereocenters. The molecule has 80 valence electrons. The summed E-state index contributed by atoms with van der Waals surface area (Å²) in [7, 11) is 0. The van der Waals surface area contributed by atoms with Crippen molar-refractivity contribution in [1.82, 2.24) is 20.3 Å². The third-order valence-electron chi connectivity index (χ3n) is 2.36. The van der Waals surface area contributed by atoms with Gasteiger partial charge < -0.3 is 10.7 Å². The van der Waals surface area contributed by atoms with Crippen LogP contribution in [0.2, 0.25) is 0 Å². The van der Waals surface area contributed by atoms with E-state index in [1.54, 1.807) is 0 Å². The monoisotopic (exact) mass is 215 g/mol. The van der Waals surface area contributed by atoms with Gasteiger partial charge in [-0.15, -0.1) is 0 Å². The fourth-order valence-corrected chi connectivity index (χ4v) is 1.58. The number of fused-ring (bicyclic) bond motifs is 1. The number of nitrogens with two attached hydrogens (primary N) is 1. The molecule has 0 bridgehead atoms. The Balaban J connectivity index is 1.98. The highest BCUT2D eigenvalue weighted by molar-refractivity contribution is 5.74. The van der Waals surface area contributed by atoms with E-state index in [1.165, 1.54) is 0 Å². The molecule has 1 aromatic carbocycles. The number of hydrogen-bond acceptors (Lipinski definition) is 5. The van der Waals surface area contributed by atoms with E-state index in [0.29, 0.717) is 17.9 Å². The summed E-state index contributed by atoms with van der Waals surface area (Å²) < 4.78 is 4.52. The Hall–Kier alpha value is -2.37. The highest BCUT2D eigenvalue weighted by Crippen LogP contribution is 2.14. The van der Waals surface area contributed by atoms with Crippen molar-refractivity contribution in [1.29, 1.82) is 0 Å². The first-order chi connectivity index (χ1) is 7.83.